The molecule has 2 aromatic rings. The molecule has 1 unspecified atom stereocenters. The molecule has 0 bridgehead atoms. The third-order valence-corrected chi connectivity index (χ3v) is 3.56. The van der Waals surface area contributed by atoms with Gasteiger partial charge < -0.3 is 9.73 Å². The molecule has 3 amide bonds. The van der Waals surface area contributed by atoms with Gasteiger partial charge >= 0.3 is 6.03 Å². The maximum atomic E-state index is 13.0. The van der Waals surface area contributed by atoms with Crippen molar-refractivity contribution in [2.24, 2.45) is 0 Å². The Bertz CT molecular complexity index is 743. The monoisotopic (exact) mass is 304 g/mol. The number of benzene rings is 1. The van der Waals surface area contributed by atoms with E-state index in [1.54, 1.807) is 13.8 Å². The quantitative estimate of drug-likeness (QED) is 0.868. The highest BCUT2D eigenvalue weighted by molar-refractivity contribution is 6.07. The predicted molar refractivity (Wildman–Crippen MR) is 71.9 cm³/mol. The number of halogens is 1. The molecule has 3 rings (SSSR count). The molecule has 1 saturated heterocycles. The SMILES string of the molecule is Cc1nnc(CN2C(=O)NC(C)(c3ccc(F)cc3)C2=O)o1. The van der Waals surface area contributed by atoms with E-state index in [0.29, 0.717) is 11.5 Å². The van der Waals surface area contributed by atoms with E-state index in [4.69, 9.17) is 4.42 Å². The van der Waals surface area contributed by atoms with Gasteiger partial charge in [0.1, 0.15) is 17.9 Å². The van der Waals surface area contributed by atoms with Gasteiger partial charge in [-0.1, -0.05) is 12.1 Å². The molecule has 1 atom stereocenters. The fraction of sp³-hybridized carbons (Fsp3) is 0.286. The van der Waals surface area contributed by atoms with E-state index in [2.05, 4.69) is 15.5 Å². The Labute approximate surface area is 125 Å². The largest absolute Gasteiger partial charge is 0.424 e. The summed E-state index contributed by atoms with van der Waals surface area (Å²) in [5, 5.41) is 10.0. The minimum Gasteiger partial charge on any atom is -0.424 e. The molecule has 2 heterocycles. The van der Waals surface area contributed by atoms with Crippen LogP contribution in [0.15, 0.2) is 28.7 Å². The van der Waals surface area contributed by atoms with Crippen LogP contribution in [0.3, 0.4) is 0 Å². The lowest BCUT2D eigenvalue weighted by Crippen LogP contribution is -2.40. The Morgan fingerprint density at radius 1 is 1.27 bits per heavy atom. The molecule has 114 valence electrons. The summed E-state index contributed by atoms with van der Waals surface area (Å²) in [6.07, 6.45) is 0. The zero-order valence-corrected chi connectivity index (χ0v) is 12.0. The van der Waals surface area contributed by atoms with Crippen LogP contribution in [-0.4, -0.2) is 27.0 Å². The molecule has 1 aliphatic rings. The van der Waals surface area contributed by atoms with Crippen LogP contribution in [0.1, 0.15) is 24.3 Å². The Balaban J connectivity index is 1.88. The third-order valence-electron chi connectivity index (χ3n) is 3.56. The minimum absolute atomic E-state index is 0.109. The molecule has 7 nitrogen and oxygen atoms in total. The second-order valence-electron chi connectivity index (χ2n) is 5.17. The molecule has 0 radical (unpaired) electrons. The third kappa shape index (κ3) is 2.22. The predicted octanol–water partition coefficient (Wildman–Crippen LogP) is 1.48. The van der Waals surface area contributed by atoms with Gasteiger partial charge in [-0.3, -0.25) is 9.69 Å². The molecule has 1 fully saturated rings. The Morgan fingerprint density at radius 3 is 2.55 bits per heavy atom. The Morgan fingerprint density at radius 2 is 1.95 bits per heavy atom. The van der Waals surface area contributed by atoms with Crippen molar-refractivity contribution < 1.29 is 18.4 Å². The number of carbonyl (C=O) groups excluding carboxylic acids is 2. The van der Waals surface area contributed by atoms with Crippen LogP contribution in [0, 0.1) is 12.7 Å². The first-order valence-electron chi connectivity index (χ1n) is 6.59. The molecule has 0 saturated carbocycles. The van der Waals surface area contributed by atoms with Crippen LogP contribution in [0.25, 0.3) is 0 Å². The maximum absolute atomic E-state index is 13.0. The highest BCUT2D eigenvalue weighted by atomic mass is 19.1. The number of nitrogens with one attached hydrogen (secondary N) is 1. The van der Waals surface area contributed by atoms with Crippen LogP contribution in [0.2, 0.25) is 0 Å². The second kappa shape index (κ2) is 4.90. The highest BCUT2D eigenvalue weighted by Gasteiger charge is 2.49. The molecule has 1 aliphatic heterocycles. The number of hydrogen-bond acceptors (Lipinski definition) is 5. The summed E-state index contributed by atoms with van der Waals surface area (Å²) in [6.45, 7) is 3.08. The van der Waals surface area contributed by atoms with E-state index in [-0.39, 0.29) is 12.4 Å². The van der Waals surface area contributed by atoms with Gasteiger partial charge in [-0.15, -0.1) is 10.2 Å². The molecule has 0 spiro atoms. The van der Waals surface area contributed by atoms with E-state index in [1.807, 2.05) is 0 Å². The first-order chi connectivity index (χ1) is 10.4. The molecular weight excluding hydrogens is 291 g/mol. The standard InChI is InChI=1S/C14H13FN4O3/c1-8-17-18-11(22-8)7-19-12(20)14(2,16-13(19)21)9-3-5-10(15)6-4-9/h3-6H,7H2,1-2H3,(H,16,21). The van der Waals surface area contributed by atoms with Gasteiger partial charge in [0.15, 0.2) is 0 Å². The molecule has 8 heteroatoms. The van der Waals surface area contributed by atoms with Crippen LogP contribution in [-0.2, 0) is 16.9 Å². The Hall–Kier alpha value is -2.77. The molecule has 1 aromatic carbocycles. The number of aromatic nitrogens is 2. The van der Waals surface area contributed by atoms with Gasteiger partial charge in [0, 0.05) is 6.92 Å². The lowest BCUT2D eigenvalue weighted by molar-refractivity contribution is -0.131. The molecular formula is C14H13FN4O3. The van der Waals surface area contributed by atoms with Crippen LogP contribution in [0.4, 0.5) is 9.18 Å². The van der Waals surface area contributed by atoms with Crippen molar-refractivity contribution in [1.82, 2.24) is 20.4 Å². The minimum atomic E-state index is -1.25. The van der Waals surface area contributed by atoms with Crippen LogP contribution >= 0.6 is 0 Å². The topological polar surface area (TPSA) is 88.3 Å². The number of carbonyl (C=O) groups is 2. The first-order valence-corrected chi connectivity index (χ1v) is 6.59. The van der Waals surface area contributed by atoms with E-state index < -0.39 is 23.3 Å². The highest BCUT2D eigenvalue weighted by Crippen LogP contribution is 2.29. The van der Waals surface area contributed by atoms with Crippen LogP contribution < -0.4 is 5.32 Å². The van der Waals surface area contributed by atoms with Crippen molar-refractivity contribution in [2.45, 2.75) is 25.9 Å². The number of aryl methyl sites for hydroxylation is 1. The second-order valence-corrected chi connectivity index (χ2v) is 5.17. The molecule has 1 aromatic heterocycles. The van der Waals surface area contributed by atoms with Crippen molar-refractivity contribution >= 4 is 11.9 Å². The lowest BCUT2D eigenvalue weighted by Gasteiger charge is -2.21. The Kier molecular flexibility index (Phi) is 3.16. The van der Waals surface area contributed by atoms with Crippen molar-refractivity contribution in [1.29, 1.82) is 0 Å². The maximum Gasteiger partial charge on any atom is 0.325 e. The summed E-state index contributed by atoms with van der Waals surface area (Å²) in [6, 6.07) is 4.85. The number of urea groups is 1. The molecule has 1 N–H and O–H groups in total. The fourth-order valence-electron chi connectivity index (χ4n) is 2.36. The van der Waals surface area contributed by atoms with E-state index >= 15 is 0 Å². The summed E-state index contributed by atoms with van der Waals surface area (Å²) < 4.78 is 18.2. The van der Waals surface area contributed by atoms with Crippen molar-refractivity contribution in [3.63, 3.8) is 0 Å². The number of nitrogens with zero attached hydrogens (tertiary/aromatic N) is 3. The van der Waals surface area contributed by atoms with Gasteiger partial charge in [0.25, 0.3) is 5.91 Å². The normalized spacial score (nSPS) is 21.3. The van der Waals surface area contributed by atoms with Crippen molar-refractivity contribution in [2.75, 3.05) is 0 Å². The first kappa shape index (κ1) is 14.2. The fourth-order valence-corrected chi connectivity index (χ4v) is 2.36. The zero-order valence-electron chi connectivity index (χ0n) is 12.0. The summed E-state index contributed by atoms with van der Waals surface area (Å²) >= 11 is 0. The number of amides is 3. The van der Waals surface area contributed by atoms with Gasteiger partial charge in [0.05, 0.1) is 0 Å². The summed E-state index contributed by atoms with van der Waals surface area (Å²) in [7, 11) is 0. The zero-order chi connectivity index (χ0) is 15.9. The van der Waals surface area contributed by atoms with Gasteiger partial charge in [-0.2, -0.15) is 0 Å². The van der Waals surface area contributed by atoms with E-state index in [1.165, 1.54) is 24.3 Å². The average molecular weight is 304 g/mol. The summed E-state index contributed by atoms with van der Waals surface area (Å²) in [5.74, 6) is -0.352. The van der Waals surface area contributed by atoms with Crippen molar-refractivity contribution in [3.05, 3.63) is 47.4 Å². The smallest absolute Gasteiger partial charge is 0.325 e. The van der Waals surface area contributed by atoms with E-state index in [0.717, 1.165) is 4.90 Å². The molecule has 0 aliphatic carbocycles. The lowest BCUT2D eigenvalue weighted by atomic mass is 9.92. The number of hydrogen-bond donors (Lipinski definition) is 1. The van der Waals surface area contributed by atoms with Gasteiger partial charge in [-0.05, 0) is 24.6 Å². The van der Waals surface area contributed by atoms with Crippen LogP contribution in [0.5, 0.6) is 0 Å². The molecule has 22 heavy (non-hydrogen) atoms. The van der Waals surface area contributed by atoms with Gasteiger partial charge in [-0.25, -0.2) is 9.18 Å². The summed E-state index contributed by atoms with van der Waals surface area (Å²) in [4.78, 5) is 25.7. The van der Waals surface area contributed by atoms with Crippen molar-refractivity contribution in [3.8, 4) is 0 Å². The summed E-state index contributed by atoms with van der Waals surface area (Å²) in [5.41, 5.74) is -0.753. The average Bonchev–Trinajstić information content (AvgIpc) is 2.97. The van der Waals surface area contributed by atoms with Gasteiger partial charge in [0.2, 0.25) is 11.8 Å². The van der Waals surface area contributed by atoms with E-state index in [9.17, 15) is 14.0 Å². The number of rotatable bonds is 3. The number of imide groups is 1.